The maximum atomic E-state index is 9.10. The van der Waals surface area contributed by atoms with Gasteiger partial charge in [-0.05, 0) is 37.1 Å². The Morgan fingerprint density at radius 1 is 1.42 bits per heavy atom. The number of rotatable bonds is 3. The molecule has 0 spiro atoms. The van der Waals surface area contributed by atoms with Gasteiger partial charge < -0.3 is 14.9 Å². The predicted octanol–water partition coefficient (Wildman–Crippen LogP) is 3.76. The Balaban J connectivity index is 2.58. The third kappa shape index (κ3) is 2.38. The first-order valence-corrected chi connectivity index (χ1v) is 6.16. The minimum absolute atomic E-state index is 0.113. The molecule has 19 heavy (non-hydrogen) atoms. The zero-order valence-corrected chi connectivity index (χ0v) is 11.4. The van der Waals surface area contributed by atoms with Gasteiger partial charge in [0, 0.05) is 5.56 Å². The molecule has 0 fully saturated rings. The summed E-state index contributed by atoms with van der Waals surface area (Å²) in [4.78, 5) is 0. The molecule has 0 saturated carbocycles. The maximum absolute atomic E-state index is 9.10. The number of nitrogens with zero attached hydrogens (tertiary/aromatic N) is 1. The molecule has 0 bridgehead atoms. The van der Waals surface area contributed by atoms with Crippen molar-refractivity contribution < 1.29 is 9.15 Å². The highest BCUT2D eigenvalue weighted by atomic mass is 35.5. The topological polar surface area (TPSA) is 72.2 Å². The highest BCUT2D eigenvalue weighted by Crippen LogP contribution is 2.37. The van der Waals surface area contributed by atoms with Crippen LogP contribution in [0.2, 0.25) is 5.02 Å². The molecule has 0 radical (unpaired) electrons. The van der Waals surface area contributed by atoms with E-state index in [1.807, 2.05) is 26.0 Å². The van der Waals surface area contributed by atoms with Gasteiger partial charge in [-0.1, -0.05) is 11.6 Å². The molecular formula is C14H13ClN2O2. The molecule has 5 heteroatoms. The zero-order valence-electron chi connectivity index (χ0n) is 10.7. The standard InChI is InChI=1S/C14H13ClN2O2/c1-3-18-13-4-8(2)9(5-12(13)15)11-7-19-14(17)10(11)6-16/h4-5,7H,3,17H2,1-2H3. The average molecular weight is 277 g/mol. The first kappa shape index (κ1) is 13.3. The number of benzene rings is 1. The minimum atomic E-state index is 0.113. The van der Waals surface area contributed by atoms with Gasteiger partial charge >= 0.3 is 0 Å². The summed E-state index contributed by atoms with van der Waals surface area (Å²) in [6.07, 6.45) is 1.47. The van der Waals surface area contributed by atoms with Gasteiger partial charge in [0.1, 0.15) is 23.6 Å². The van der Waals surface area contributed by atoms with Crippen molar-refractivity contribution in [2.75, 3.05) is 12.3 Å². The maximum Gasteiger partial charge on any atom is 0.208 e. The van der Waals surface area contributed by atoms with Crippen LogP contribution in [0.25, 0.3) is 11.1 Å². The Hall–Kier alpha value is -2.12. The smallest absolute Gasteiger partial charge is 0.208 e. The lowest BCUT2D eigenvalue weighted by molar-refractivity contribution is 0.340. The van der Waals surface area contributed by atoms with Crippen molar-refractivity contribution in [2.24, 2.45) is 0 Å². The molecule has 0 saturated heterocycles. The molecular weight excluding hydrogens is 264 g/mol. The number of aryl methyl sites for hydroxylation is 1. The van der Waals surface area contributed by atoms with E-state index in [2.05, 4.69) is 0 Å². The third-order valence-corrected chi connectivity index (χ3v) is 3.10. The van der Waals surface area contributed by atoms with E-state index >= 15 is 0 Å². The van der Waals surface area contributed by atoms with Crippen molar-refractivity contribution in [1.82, 2.24) is 0 Å². The van der Waals surface area contributed by atoms with Crippen LogP contribution in [0.5, 0.6) is 5.75 Å². The molecule has 0 amide bonds. The first-order valence-electron chi connectivity index (χ1n) is 5.78. The van der Waals surface area contributed by atoms with Crippen LogP contribution in [0.3, 0.4) is 0 Å². The summed E-state index contributed by atoms with van der Waals surface area (Å²) in [7, 11) is 0. The summed E-state index contributed by atoms with van der Waals surface area (Å²) in [5, 5.41) is 9.59. The average Bonchev–Trinajstić information content (AvgIpc) is 2.74. The van der Waals surface area contributed by atoms with Gasteiger partial charge in [-0.3, -0.25) is 0 Å². The number of anilines is 1. The number of nitrogens with two attached hydrogens (primary N) is 1. The Morgan fingerprint density at radius 3 is 2.79 bits per heavy atom. The molecule has 4 nitrogen and oxygen atoms in total. The molecule has 0 aliphatic rings. The van der Waals surface area contributed by atoms with E-state index in [1.54, 1.807) is 6.07 Å². The highest BCUT2D eigenvalue weighted by molar-refractivity contribution is 6.32. The van der Waals surface area contributed by atoms with Crippen molar-refractivity contribution in [3.05, 3.63) is 34.5 Å². The van der Waals surface area contributed by atoms with Gasteiger partial charge in [0.05, 0.1) is 11.6 Å². The van der Waals surface area contributed by atoms with Crippen LogP contribution in [0.4, 0.5) is 5.88 Å². The number of hydrogen-bond acceptors (Lipinski definition) is 4. The molecule has 0 aliphatic carbocycles. The second-order valence-corrected chi connectivity index (χ2v) is 4.44. The van der Waals surface area contributed by atoms with Crippen LogP contribution < -0.4 is 10.5 Å². The van der Waals surface area contributed by atoms with Crippen molar-refractivity contribution in [2.45, 2.75) is 13.8 Å². The lowest BCUT2D eigenvalue weighted by Crippen LogP contribution is -1.94. The summed E-state index contributed by atoms with van der Waals surface area (Å²) >= 11 is 6.16. The summed E-state index contributed by atoms with van der Waals surface area (Å²) in [5.74, 6) is 0.738. The number of furan rings is 1. The molecule has 0 unspecified atom stereocenters. The molecule has 98 valence electrons. The fraction of sp³-hybridized carbons (Fsp3) is 0.214. The van der Waals surface area contributed by atoms with E-state index in [0.717, 1.165) is 11.1 Å². The molecule has 1 aromatic heterocycles. The lowest BCUT2D eigenvalue weighted by Gasteiger charge is -2.10. The van der Waals surface area contributed by atoms with Crippen LogP contribution in [-0.2, 0) is 0 Å². The first-order chi connectivity index (χ1) is 9.08. The van der Waals surface area contributed by atoms with E-state index in [1.165, 1.54) is 6.26 Å². The van der Waals surface area contributed by atoms with Gasteiger partial charge in [0.2, 0.25) is 5.88 Å². The van der Waals surface area contributed by atoms with E-state index in [4.69, 9.17) is 31.8 Å². The van der Waals surface area contributed by atoms with Crippen LogP contribution in [0, 0.1) is 18.3 Å². The molecule has 2 N–H and O–H groups in total. The van der Waals surface area contributed by atoms with Crippen LogP contribution in [-0.4, -0.2) is 6.61 Å². The summed E-state index contributed by atoms with van der Waals surface area (Å²) < 4.78 is 10.5. The minimum Gasteiger partial charge on any atom is -0.492 e. The van der Waals surface area contributed by atoms with Gasteiger partial charge in [0.15, 0.2) is 0 Å². The number of halogens is 1. The normalized spacial score (nSPS) is 10.2. The van der Waals surface area contributed by atoms with E-state index in [-0.39, 0.29) is 5.88 Å². The van der Waals surface area contributed by atoms with Gasteiger partial charge in [-0.2, -0.15) is 5.26 Å². The monoisotopic (exact) mass is 276 g/mol. The lowest BCUT2D eigenvalue weighted by atomic mass is 9.99. The second-order valence-electron chi connectivity index (χ2n) is 4.03. The fourth-order valence-electron chi connectivity index (χ4n) is 1.90. The van der Waals surface area contributed by atoms with Crippen LogP contribution in [0.1, 0.15) is 18.1 Å². The molecule has 2 rings (SSSR count). The highest BCUT2D eigenvalue weighted by Gasteiger charge is 2.16. The Bertz CT molecular complexity index is 656. The fourth-order valence-corrected chi connectivity index (χ4v) is 2.12. The van der Waals surface area contributed by atoms with E-state index in [9.17, 15) is 0 Å². The molecule has 0 aliphatic heterocycles. The van der Waals surface area contributed by atoms with Crippen molar-refractivity contribution in [3.63, 3.8) is 0 Å². The second kappa shape index (κ2) is 5.25. The van der Waals surface area contributed by atoms with E-state index < -0.39 is 0 Å². The molecule has 1 heterocycles. The largest absolute Gasteiger partial charge is 0.492 e. The number of hydrogen-bond donors (Lipinski definition) is 1. The summed E-state index contributed by atoms with van der Waals surface area (Å²) in [6.45, 7) is 4.35. The van der Waals surface area contributed by atoms with Crippen LogP contribution in [0.15, 0.2) is 22.8 Å². The quantitative estimate of drug-likeness (QED) is 0.926. The number of nitrogen functional groups attached to an aromatic ring is 1. The third-order valence-electron chi connectivity index (χ3n) is 2.80. The van der Waals surface area contributed by atoms with Gasteiger partial charge in [-0.25, -0.2) is 0 Å². The van der Waals surface area contributed by atoms with Crippen molar-refractivity contribution in [1.29, 1.82) is 5.26 Å². The Kier molecular flexibility index (Phi) is 3.68. The summed E-state index contributed by atoms with van der Waals surface area (Å²) in [6, 6.07) is 5.63. The zero-order chi connectivity index (χ0) is 14.0. The molecule has 2 aromatic rings. The molecule has 0 atom stereocenters. The van der Waals surface area contributed by atoms with Crippen molar-refractivity contribution in [3.8, 4) is 22.9 Å². The van der Waals surface area contributed by atoms with Gasteiger partial charge in [-0.15, -0.1) is 0 Å². The summed E-state index contributed by atoms with van der Waals surface area (Å²) in [5.41, 5.74) is 8.32. The molecule has 1 aromatic carbocycles. The van der Waals surface area contributed by atoms with Gasteiger partial charge in [0.25, 0.3) is 0 Å². The van der Waals surface area contributed by atoms with E-state index in [0.29, 0.717) is 28.5 Å². The SMILES string of the molecule is CCOc1cc(C)c(-c2coc(N)c2C#N)cc1Cl. The Labute approximate surface area is 116 Å². The van der Waals surface area contributed by atoms with Crippen LogP contribution >= 0.6 is 11.6 Å². The number of ether oxygens (including phenoxy) is 1. The number of nitriles is 1. The predicted molar refractivity (Wildman–Crippen MR) is 74.2 cm³/mol. The van der Waals surface area contributed by atoms with Crippen molar-refractivity contribution >= 4 is 17.5 Å². The Morgan fingerprint density at radius 2 is 2.16 bits per heavy atom.